The highest BCUT2D eigenvalue weighted by Crippen LogP contribution is 2.25. The van der Waals surface area contributed by atoms with Gasteiger partial charge < -0.3 is 19.2 Å². The zero-order valence-electron chi connectivity index (χ0n) is 17.5. The van der Waals surface area contributed by atoms with Crippen molar-refractivity contribution in [2.45, 2.75) is 18.4 Å². The number of hydrogen-bond acceptors (Lipinski definition) is 6. The van der Waals surface area contributed by atoms with Crippen LogP contribution >= 0.6 is 0 Å². The third-order valence-corrected chi connectivity index (χ3v) is 5.97. The molecule has 1 amide bonds. The molecule has 1 heterocycles. The fourth-order valence-corrected chi connectivity index (χ4v) is 4.33. The zero-order chi connectivity index (χ0) is 22.3. The third kappa shape index (κ3) is 6.62. The monoisotopic (exact) mass is 443 g/mol. The molecule has 7 nitrogen and oxygen atoms in total. The first kappa shape index (κ1) is 22.4. The van der Waals surface area contributed by atoms with Gasteiger partial charge in [-0.2, -0.15) is 0 Å². The summed E-state index contributed by atoms with van der Waals surface area (Å²) >= 11 is 0. The van der Waals surface area contributed by atoms with Crippen molar-refractivity contribution in [1.29, 1.82) is 0 Å². The number of carbonyl (C=O) groups excluding carboxylic acids is 1. The van der Waals surface area contributed by atoms with Crippen LogP contribution in [-0.4, -0.2) is 34.6 Å². The fourth-order valence-electron chi connectivity index (χ4n) is 2.93. The molecule has 164 valence electrons. The molecule has 0 saturated heterocycles. The van der Waals surface area contributed by atoms with Crippen LogP contribution in [0.2, 0.25) is 0 Å². The Kier molecular flexibility index (Phi) is 7.36. The molecule has 2 aromatic carbocycles. The van der Waals surface area contributed by atoms with E-state index in [4.69, 9.17) is 13.9 Å². The van der Waals surface area contributed by atoms with E-state index in [1.165, 1.54) is 12.1 Å². The maximum absolute atomic E-state index is 12.4. The van der Waals surface area contributed by atoms with Crippen LogP contribution in [0.25, 0.3) is 0 Å². The van der Waals surface area contributed by atoms with E-state index in [0.717, 1.165) is 5.56 Å². The van der Waals surface area contributed by atoms with Crippen molar-refractivity contribution in [1.82, 2.24) is 5.32 Å². The fraction of sp³-hybridized carbons (Fsp3) is 0.261. The molecule has 3 rings (SSSR count). The highest BCUT2D eigenvalue weighted by molar-refractivity contribution is 7.89. The second-order valence-electron chi connectivity index (χ2n) is 7.04. The molecule has 0 atom stereocenters. The largest absolute Gasteiger partial charge is 0.493 e. The summed E-state index contributed by atoms with van der Waals surface area (Å²) in [6.45, 7) is 2.43. The summed E-state index contributed by atoms with van der Waals surface area (Å²) in [7, 11) is -1.87. The number of rotatable bonds is 10. The van der Waals surface area contributed by atoms with Crippen LogP contribution in [0, 0.1) is 6.92 Å². The van der Waals surface area contributed by atoms with Crippen LogP contribution in [0.1, 0.15) is 27.4 Å². The van der Waals surface area contributed by atoms with Crippen molar-refractivity contribution in [2.24, 2.45) is 0 Å². The van der Waals surface area contributed by atoms with Gasteiger partial charge in [0, 0.05) is 0 Å². The topological polar surface area (TPSA) is 94.8 Å². The molecule has 0 unspecified atom stereocenters. The SMILES string of the molecule is COc1ccccc1OCCNC(=O)c1ccc(CS(=O)(=O)Cc2ccc(C)cc2)o1. The Morgan fingerprint density at radius 1 is 0.968 bits per heavy atom. The molecule has 0 aliphatic rings. The Morgan fingerprint density at radius 2 is 1.68 bits per heavy atom. The van der Waals surface area contributed by atoms with Gasteiger partial charge in [-0.3, -0.25) is 4.79 Å². The smallest absolute Gasteiger partial charge is 0.287 e. The Bertz CT molecular complexity index is 1120. The number of aryl methyl sites for hydroxylation is 1. The molecule has 0 fully saturated rings. The summed E-state index contributed by atoms with van der Waals surface area (Å²) in [6, 6.07) is 17.5. The van der Waals surface area contributed by atoms with Crippen molar-refractivity contribution in [3.63, 3.8) is 0 Å². The van der Waals surface area contributed by atoms with Gasteiger partial charge in [-0.25, -0.2) is 8.42 Å². The number of methoxy groups -OCH3 is 1. The Hall–Kier alpha value is -3.26. The van der Waals surface area contributed by atoms with E-state index in [1.807, 2.05) is 31.2 Å². The number of furan rings is 1. The number of carbonyl (C=O) groups is 1. The predicted octanol–water partition coefficient (Wildman–Crippen LogP) is 3.52. The molecular weight excluding hydrogens is 418 g/mol. The van der Waals surface area contributed by atoms with E-state index in [0.29, 0.717) is 17.1 Å². The Labute approximate surface area is 181 Å². The number of ether oxygens (including phenoxy) is 2. The summed E-state index contributed by atoms with van der Waals surface area (Å²) in [6.07, 6.45) is 0. The first-order valence-corrected chi connectivity index (χ1v) is 11.6. The lowest BCUT2D eigenvalue weighted by Crippen LogP contribution is -2.27. The second-order valence-corrected chi connectivity index (χ2v) is 9.10. The van der Waals surface area contributed by atoms with Crippen LogP contribution in [0.4, 0.5) is 0 Å². The Morgan fingerprint density at radius 3 is 2.39 bits per heavy atom. The highest BCUT2D eigenvalue weighted by atomic mass is 32.2. The molecule has 0 spiro atoms. The lowest BCUT2D eigenvalue weighted by Gasteiger charge is -2.10. The number of para-hydroxylation sites is 2. The summed E-state index contributed by atoms with van der Waals surface area (Å²) in [4.78, 5) is 12.2. The van der Waals surface area contributed by atoms with Gasteiger partial charge in [-0.15, -0.1) is 0 Å². The molecule has 31 heavy (non-hydrogen) atoms. The first-order valence-electron chi connectivity index (χ1n) is 9.75. The minimum Gasteiger partial charge on any atom is -0.493 e. The average molecular weight is 444 g/mol. The van der Waals surface area contributed by atoms with E-state index >= 15 is 0 Å². The average Bonchev–Trinajstić information content (AvgIpc) is 3.20. The van der Waals surface area contributed by atoms with Gasteiger partial charge in [0.1, 0.15) is 18.1 Å². The lowest BCUT2D eigenvalue weighted by atomic mass is 10.2. The first-order chi connectivity index (χ1) is 14.9. The summed E-state index contributed by atoms with van der Waals surface area (Å²) in [5, 5.41) is 2.68. The van der Waals surface area contributed by atoms with Gasteiger partial charge in [0.25, 0.3) is 5.91 Å². The van der Waals surface area contributed by atoms with Crippen molar-refractivity contribution in [3.05, 3.63) is 83.3 Å². The molecule has 3 aromatic rings. The van der Waals surface area contributed by atoms with Gasteiger partial charge >= 0.3 is 0 Å². The number of sulfone groups is 1. The molecular formula is C23H25NO6S. The number of hydrogen-bond donors (Lipinski definition) is 1. The van der Waals surface area contributed by atoms with Crippen molar-refractivity contribution < 1.29 is 27.1 Å². The van der Waals surface area contributed by atoms with E-state index in [-0.39, 0.29) is 36.2 Å². The van der Waals surface area contributed by atoms with Crippen LogP contribution in [0.15, 0.2) is 65.1 Å². The summed E-state index contributed by atoms with van der Waals surface area (Å²) in [5.41, 5.74) is 1.78. The zero-order valence-corrected chi connectivity index (χ0v) is 18.3. The number of nitrogens with one attached hydrogen (secondary N) is 1. The molecule has 0 bridgehead atoms. The molecule has 1 aromatic heterocycles. The van der Waals surface area contributed by atoms with E-state index in [9.17, 15) is 13.2 Å². The van der Waals surface area contributed by atoms with E-state index in [1.54, 1.807) is 31.4 Å². The second kappa shape index (κ2) is 10.2. The molecule has 8 heteroatoms. The minimum atomic E-state index is -3.43. The predicted molar refractivity (Wildman–Crippen MR) is 117 cm³/mol. The summed E-state index contributed by atoms with van der Waals surface area (Å²) in [5.74, 6) is 0.668. The normalized spacial score (nSPS) is 11.2. The number of benzene rings is 2. The lowest BCUT2D eigenvalue weighted by molar-refractivity contribution is 0.0917. The highest BCUT2D eigenvalue weighted by Gasteiger charge is 2.18. The molecule has 0 saturated carbocycles. The minimum absolute atomic E-state index is 0.0535. The molecule has 0 aliphatic carbocycles. The molecule has 1 N–H and O–H groups in total. The third-order valence-electron chi connectivity index (χ3n) is 4.47. The van der Waals surface area contributed by atoms with Crippen LogP contribution in [-0.2, 0) is 21.3 Å². The van der Waals surface area contributed by atoms with Gasteiger partial charge in [-0.05, 0) is 36.8 Å². The molecule has 0 radical (unpaired) electrons. The van der Waals surface area contributed by atoms with Crippen LogP contribution in [0.3, 0.4) is 0 Å². The maximum atomic E-state index is 12.4. The molecule has 0 aliphatic heterocycles. The standard InChI is InChI=1S/C23H25NO6S/c1-17-7-9-18(10-8-17)15-31(26,27)16-19-11-12-22(30-19)23(25)24-13-14-29-21-6-4-3-5-20(21)28-2/h3-12H,13-16H2,1-2H3,(H,24,25). The number of amides is 1. The van der Waals surface area contributed by atoms with E-state index < -0.39 is 15.7 Å². The van der Waals surface area contributed by atoms with Gasteiger partial charge in [-0.1, -0.05) is 42.0 Å². The van der Waals surface area contributed by atoms with Crippen molar-refractivity contribution in [3.8, 4) is 11.5 Å². The maximum Gasteiger partial charge on any atom is 0.287 e. The van der Waals surface area contributed by atoms with Gasteiger partial charge in [0.2, 0.25) is 0 Å². The van der Waals surface area contributed by atoms with Crippen LogP contribution in [0.5, 0.6) is 11.5 Å². The van der Waals surface area contributed by atoms with Gasteiger partial charge in [0.15, 0.2) is 27.1 Å². The van der Waals surface area contributed by atoms with Crippen molar-refractivity contribution in [2.75, 3.05) is 20.3 Å². The summed E-state index contributed by atoms with van der Waals surface area (Å²) < 4.78 is 41.1. The quantitative estimate of drug-likeness (QED) is 0.482. The van der Waals surface area contributed by atoms with Gasteiger partial charge in [0.05, 0.1) is 19.4 Å². The van der Waals surface area contributed by atoms with Crippen molar-refractivity contribution >= 4 is 15.7 Å². The van der Waals surface area contributed by atoms with E-state index in [2.05, 4.69) is 5.32 Å². The van der Waals surface area contributed by atoms with Crippen LogP contribution < -0.4 is 14.8 Å². The Balaban J connectivity index is 1.49.